The predicted molar refractivity (Wildman–Crippen MR) is 88.6 cm³/mol. The molecule has 3 amide bonds. The van der Waals surface area contributed by atoms with E-state index in [0.717, 1.165) is 0 Å². The van der Waals surface area contributed by atoms with Crippen molar-refractivity contribution in [2.75, 3.05) is 11.9 Å². The molecule has 0 aliphatic heterocycles. The molecule has 0 saturated heterocycles. The quantitative estimate of drug-likeness (QED) is 0.671. The van der Waals surface area contributed by atoms with Crippen molar-refractivity contribution >= 4 is 39.3 Å². The number of hydrogen-bond acceptors (Lipinski definition) is 3. The van der Waals surface area contributed by atoms with Crippen molar-refractivity contribution in [2.24, 2.45) is 0 Å². The second kappa shape index (κ2) is 9.24. The summed E-state index contributed by atoms with van der Waals surface area (Å²) in [4.78, 5) is 34.8. The number of ketones is 1. The zero-order chi connectivity index (χ0) is 17.4. The number of nitrogens with one attached hydrogen (secondary N) is 3. The number of urea groups is 1. The SMILES string of the molecule is CCC[C@H](NC(=O)Nc1ccc(Br)cc1F)C(=O)NCC(C)=O. The first-order valence-corrected chi connectivity index (χ1v) is 7.92. The van der Waals surface area contributed by atoms with Gasteiger partial charge in [-0.25, -0.2) is 9.18 Å². The maximum absolute atomic E-state index is 13.7. The molecule has 0 aromatic heterocycles. The standard InChI is InChI=1S/C15H19BrFN3O3/c1-3-4-13(14(22)18-8-9(2)21)20-15(23)19-12-6-5-10(16)7-11(12)17/h5-7,13H,3-4,8H2,1-2H3,(H,18,22)(H2,19,20,23)/t13-/m0/s1. The Hall–Kier alpha value is -1.96. The summed E-state index contributed by atoms with van der Waals surface area (Å²) in [5.74, 6) is -1.23. The van der Waals surface area contributed by atoms with Gasteiger partial charge in [0.05, 0.1) is 12.2 Å². The third-order valence-corrected chi connectivity index (χ3v) is 3.38. The molecule has 0 radical (unpaired) electrons. The van der Waals surface area contributed by atoms with E-state index in [1.807, 2.05) is 6.92 Å². The Morgan fingerprint density at radius 1 is 1.30 bits per heavy atom. The average Bonchev–Trinajstić information content (AvgIpc) is 2.47. The third kappa shape index (κ3) is 6.77. The van der Waals surface area contributed by atoms with E-state index in [1.54, 1.807) is 6.07 Å². The minimum atomic E-state index is -0.794. The first-order chi connectivity index (χ1) is 10.8. The van der Waals surface area contributed by atoms with Gasteiger partial charge in [-0.3, -0.25) is 9.59 Å². The molecule has 3 N–H and O–H groups in total. The van der Waals surface area contributed by atoms with Gasteiger partial charge < -0.3 is 16.0 Å². The van der Waals surface area contributed by atoms with Crippen LogP contribution in [0.3, 0.4) is 0 Å². The van der Waals surface area contributed by atoms with E-state index in [4.69, 9.17) is 0 Å². The number of anilines is 1. The van der Waals surface area contributed by atoms with E-state index < -0.39 is 23.8 Å². The van der Waals surface area contributed by atoms with Crippen molar-refractivity contribution in [1.82, 2.24) is 10.6 Å². The van der Waals surface area contributed by atoms with Gasteiger partial charge in [-0.15, -0.1) is 0 Å². The topological polar surface area (TPSA) is 87.3 Å². The highest BCUT2D eigenvalue weighted by atomic mass is 79.9. The predicted octanol–water partition coefficient (Wildman–Crippen LogP) is 2.58. The fourth-order valence-electron chi connectivity index (χ4n) is 1.80. The number of halogens is 2. The number of carbonyl (C=O) groups excluding carboxylic acids is 3. The molecule has 8 heteroatoms. The van der Waals surface area contributed by atoms with Crippen LogP contribution in [-0.2, 0) is 9.59 Å². The molecule has 0 fully saturated rings. The molecule has 1 aromatic rings. The van der Waals surface area contributed by atoms with E-state index in [9.17, 15) is 18.8 Å². The summed E-state index contributed by atoms with van der Waals surface area (Å²) < 4.78 is 14.2. The highest BCUT2D eigenvalue weighted by molar-refractivity contribution is 9.10. The fraction of sp³-hybridized carbons (Fsp3) is 0.400. The van der Waals surface area contributed by atoms with E-state index in [2.05, 4.69) is 31.9 Å². The first kappa shape index (κ1) is 19.1. The molecule has 6 nitrogen and oxygen atoms in total. The highest BCUT2D eigenvalue weighted by Gasteiger charge is 2.20. The molecule has 23 heavy (non-hydrogen) atoms. The van der Waals surface area contributed by atoms with Crippen molar-refractivity contribution in [3.8, 4) is 0 Å². The van der Waals surface area contributed by atoms with Gasteiger partial charge >= 0.3 is 6.03 Å². The maximum Gasteiger partial charge on any atom is 0.319 e. The van der Waals surface area contributed by atoms with Gasteiger partial charge in [-0.1, -0.05) is 29.3 Å². The molecule has 1 atom stereocenters. The van der Waals surface area contributed by atoms with Crippen LogP contribution in [0, 0.1) is 5.82 Å². The lowest BCUT2D eigenvalue weighted by molar-refractivity contribution is -0.125. The summed E-state index contributed by atoms with van der Waals surface area (Å²) in [6.07, 6.45) is 1.06. The molecule has 0 bridgehead atoms. The van der Waals surface area contributed by atoms with Gasteiger partial charge in [0.15, 0.2) is 0 Å². The molecule has 0 unspecified atom stereocenters. The molecular formula is C15H19BrFN3O3. The number of benzene rings is 1. The van der Waals surface area contributed by atoms with Crippen LogP contribution in [0.15, 0.2) is 22.7 Å². The summed E-state index contributed by atoms with van der Waals surface area (Å²) in [5.41, 5.74) is 0.00472. The number of Topliss-reactive ketones (excluding diaryl/α,β-unsaturated/α-hetero) is 1. The third-order valence-electron chi connectivity index (χ3n) is 2.89. The molecule has 126 valence electrons. The first-order valence-electron chi connectivity index (χ1n) is 7.13. The minimum Gasteiger partial charge on any atom is -0.347 e. The molecule has 1 aromatic carbocycles. The molecule has 0 aliphatic rings. The van der Waals surface area contributed by atoms with Crippen molar-refractivity contribution in [3.05, 3.63) is 28.5 Å². The molecule has 0 aliphatic carbocycles. The summed E-state index contributed by atoms with van der Waals surface area (Å²) in [5, 5.41) is 7.28. The van der Waals surface area contributed by atoms with E-state index in [0.29, 0.717) is 17.3 Å². The lowest BCUT2D eigenvalue weighted by Gasteiger charge is -2.18. The molecule has 1 rings (SSSR count). The molecule has 0 spiro atoms. The number of carbonyl (C=O) groups is 3. The van der Waals surface area contributed by atoms with E-state index in [1.165, 1.54) is 19.1 Å². The van der Waals surface area contributed by atoms with Gasteiger partial charge in [0.1, 0.15) is 17.6 Å². The lowest BCUT2D eigenvalue weighted by Crippen LogP contribution is -2.48. The summed E-state index contributed by atoms with van der Waals surface area (Å²) in [6, 6.07) is 2.73. The highest BCUT2D eigenvalue weighted by Crippen LogP contribution is 2.19. The Morgan fingerprint density at radius 3 is 2.57 bits per heavy atom. The van der Waals surface area contributed by atoms with Gasteiger partial charge in [-0.2, -0.15) is 0 Å². The van der Waals surface area contributed by atoms with Crippen LogP contribution in [0.4, 0.5) is 14.9 Å². The fourth-order valence-corrected chi connectivity index (χ4v) is 2.13. The number of rotatable bonds is 7. The Labute approximate surface area is 142 Å². The van der Waals surface area contributed by atoms with Crippen LogP contribution in [-0.4, -0.2) is 30.3 Å². The molecule has 0 saturated carbocycles. The van der Waals surface area contributed by atoms with Crippen LogP contribution in [0.2, 0.25) is 0 Å². The second-order valence-electron chi connectivity index (χ2n) is 4.98. The van der Waals surface area contributed by atoms with Crippen LogP contribution < -0.4 is 16.0 Å². The van der Waals surface area contributed by atoms with Gasteiger partial charge in [0.25, 0.3) is 0 Å². The van der Waals surface area contributed by atoms with Gasteiger partial charge in [-0.05, 0) is 31.5 Å². The summed E-state index contributed by atoms with van der Waals surface area (Å²) in [6.45, 7) is 3.12. The minimum absolute atomic E-state index is 0.00472. The van der Waals surface area contributed by atoms with Crippen LogP contribution >= 0.6 is 15.9 Å². The van der Waals surface area contributed by atoms with Crippen molar-refractivity contribution in [1.29, 1.82) is 0 Å². The van der Waals surface area contributed by atoms with Gasteiger partial charge in [0, 0.05) is 4.47 Å². The van der Waals surface area contributed by atoms with Crippen LogP contribution in [0.25, 0.3) is 0 Å². The smallest absolute Gasteiger partial charge is 0.319 e. The average molecular weight is 388 g/mol. The van der Waals surface area contributed by atoms with E-state index in [-0.39, 0.29) is 18.0 Å². The second-order valence-corrected chi connectivity index (χ2v) is 5.90. The van der Waals surface area contributed by atoms with Gasteiger partial charge in [0.2, 0.25) is 5.91 Å². The largest absolute Gasteiger partial charge is 0.347 e. The summed E-state index contributed by atoms with van der Waals surface area (Å²) >= 11 is 3.12. The van der Waals surface area contributed by atoms with Crippen molar-refractivity contribution < 1.29 is 18.8 Å². The maximum atomic E-state index is 13.7. The summed E-state index contributed by atoms with van der Waals surface area (Å²) in [7, 11) is 0. The zero-order valence-electron chi connectivity index (χ0n) is 12.9. The van der Waals surface area contributed by atoms with E-state index >= 15 is 0 Å². The Balaban J connectivity index is 2.66. The zero-order valence-corrected chi connectivity index (χ0v) is 14.5. The van der Waals surface area contributed by atoms with Crippen LogP contribution in [0.5, 0.6) is 0 Å². The molecular weight excluding hydrogens is 369 g/mol. The Morgan fingerprint density at radius 2 is 2.00 bits per heavy atom. The monoisotopic (exact) mass is 387 g/mol. The lowest BCUT2D eigenvalue weighted by atomic mass is 10.1. The van der Waals surface area contributed by atoms with Crippen molar-refractivity contribution in [3.63, 3.8) is 0 Å². The normalized spacial score (nSPS) is 11.5. The number of amides is 3. The Bertz CT molecular complexity index is 595. The van der Waals surface area contributed by atoms with Crippen LogP contribution in [0.1, 0.15) is 26.7 Å². The molecule has 0 heterocycles. The number of hydrogen-bond donors (Lipinski definition) is 3. The van der Waals surface area contributed by atoms with Crippen molar-refractivity contribution in [2.45, 2.75) is 32.7 Å². The Kier molecular flexibility index (Phi) is 7.67.